The highest BCUT2D eigenvalue weighted by molar-refractivity contribution is 5.99. The Morgan fingerprint density at radius 3 is 2.94 bits per heavy atom. The van der Waals surface area contributed by atoms with Crippen LogP contribution in [0.3, 0.4) is 0 Å². The fourth-order valence-corrected chi connectivity index (χ4v) is 1.81. The zero-order valence-corrected chi connectivity index (χ0v) is 10.5. The molecule has 0 atom stereocenters. The van der Waals surface area contributed by atoms with E-state index < -0.39 is 0 Å². The summed E-state index contributed by atoms with van der Waals surface area (Å²) < 4.78 is 1.76. The minimum absolute atomic E-state index is 0.0242. The Kier molecular flexibility index (Phi) is 3.27. The van der Waals surface area contributed by atoms with E-state index in [-0.39, 0.29) is 5.84 Å². The molecule has 0 spiro atoms. The van der Waals surface area contributed by atoms with Crippen LogP contribution in [-0.2, 0) is 13.6 Å². The van der Waals surface area contributed by atoms with Crippen LogP contribution in [0.25, 0.3) is 0 Å². The van der Waals surface area contributed by atoms with Gasteiger partial charge >= 0.3 is 0 Å². The van der Waals surface area contributed by atoms with Crippen LogP contribution < -0.4 is 10.6 Å². The Hall–Kier alpha value is -2.37. The topological polar surface area (TPSA) is 83.8 Å². The van der Waals surface area contributed by atoms with Gasteiger partial charge in [0.1, 0.15) is 11.7 Å². The van der Waals surface area contributed by atoms with Gasteiger partial charge in [0.05, 0.1) is 11.8 Å². The Balaban J connectivity index is 2.23. The van der Waals surface area contributed by atoms with Crippen molar-refractivity contribution in [1.29, 1.82) is 5.41 Å². The molecule has 0 fully saturated rings. The van der Waals surface area contributed by atoms with Crippen molar-refractivity contribution >= 4 is 11.7 Å². The van der Waals surface area contributed by atoms with Crippen molar-refractivity contribution in [2.75, 3.05) is 11.9 Å². The van der Waals surface area contributed by atoms with E-state index in [9.17, 15) is 0 Å². The molecule has 2 heterocycles. The second kappa shape index (κ2) is 4.87. The Morgan fingerprint density at radius 1 is 1.56 bits per heavy atom. The maximum Gasteiger partial charge on any atom is 0.139 e. The number of nitrogens with zero attached hydrogens (tertiary/aromatic N) is 4. The minimum atomic E-state index is 0.0242. The van der Waals surface area contributed by atoms with Crippen molar-refractivity contribution in [3.63, 3.8) is 0 Å². The molecule has 2 aromatic heterocycles. The zero-order valence-electron chi connectivity index (χ0n) is 10.5. The van der Waals surface area contributed by atoms with Gasteiger partial charge in [-0.3, -0.25) is 10.1 Å². The van der Waals surface area contributed by atoms with Gasteiger partial charge in [-0.15, -0.1) is 0 Å². The summed E-state index contributed by atoms with van der Waals surface area (Å²) in [6.07, 6.45) is 5.46. The number of rotatable bonds is 4. The van der Waals surface area contributed by atoms with Crippen LogP contribution in [0, 0.1) is 5.41 Å². The number of nitrogens with two attached hydrogens (primary N) is 1. The number of anilines is 1. The van der Waals surface area contributed by atoms with E-state index in [2.05, 4.69) is 10.1 Å². The van der Waals surface area contributed by atoms with Crippen LogP contribution in [0.1, 0.15) is 11.1 Å². The summed E-state index contributed by atoms with van der Waals surface area (Å²) in [5.41, 5.74) is 7.28. The summed E-state index contributed by atoms with van der Waals surface area (Å²) in [6.45, 7) is 0.672. The van der Waals surface area contributed by atoms with E-state index in [4.69, 9.17) is 11.1 Å². The van der Waals surface area contributed by atoms with Gasteiger partial charge in [-0.05, 0) is 12.1 Å². The van der Waals surface area contributed by atoms with Crippen molar-refractivity contribution in [2.24, 2.45) is 12.8 Å². The highest BCUT2D eigenvalue weighted by Crippen LogP contribution is 2.17. The summed E-state index contributed by atoms with van der Waals surface area (Å²) in [5.74, 6) is 0.727. The van der Waals surface area contributed by atoms with Crippen LogP contribution in [0.5, 0.6) is 0 Å². The van der Waals surface area contributed by atoms with Crippen molar-refractivity contribution in [2.45, 2.75) is 6.54 Å². The van der Waals surface area contributed by atoms with Gasteiger partial charge in [0.25, 0.3) is 0 Å². The number of nitrogen functional groups attached to an aromatic ring is 1. The molecule has 2 aromatic rings. The van der Waals surface area contributed by atoms with E-state index in [0.29, 0.717) is 17.9 Å². The number of amidine groups is 1. The lowest BCUT2D eigenvalue weighted by molar-refractivity contribution is 0.766. The average Bonchev–Trinajstić information content (AvgIpc) is 2.74. The van der Waals surface area contributed by atoms with Gasteiger partial charge in [0.2, 0.25) is 0 Å². The maximum absolute atomic E-state index is 7.55. The first kappa shape index (κ1) is 12.1. The largest absolute Gasteiger partial charge is 0.384 e. The molecule has 2 rings (SSSR count). The van der Waals surface area contributed by atoms with E-state index in [1.165, 1.54) is 0 Å². The fourth-order valence-electron chi connectivity index (χ4n) is 1.81. The van der Waals surface area contributed by atoms with Crippen molar-refractivity contribution in [3.05, 3.63) is 41.9 Å². The van der Waals surface area contributed by atoms with E-state index in [0.717, 1.165) is 5.56 Å². The molecule has 6 heteroatoms. The molecule has 18 heavy (non-hydrogen) atoms. The third-order valence-electron chi connectivity index (χ3n) is 2.62. The number of hydrogen-bond acceptors (Lipinski definition) is 4. The van der Waals surface area contributed by atoms with Gasteiger partial charge < -0.3 is 10.6 Å². The Labute approximate surface area is 106 Å². The first-order chi connectivity index (χ1) is 8.58. The highest BCUT2D eigenvalue weighted by atomic mass is 15.2. The van der Waals surface area contributed by atoms with Gasteiger partial charge in [0, 0.05) is 38.6 Å². The number of aromatic nitrogens is 3. The summed E-state index contributed by atoms with van der Waals surface area (Å²) in [7, 11) is 3.80. The first-order valence-electron chi connectivity index (χ1n) is 5.56. The minimum Gasteiger partial charge on any atom is -0.384 e. The van der Waals surface area contributed by atoms with Crippen molar-refractivity contribution in [1.82, 2.24) is 14.8 Å². The number of nitrogens with one attached hydrogen (secondary N) is 1. The third-order valence-corrected chi connectivity index (χ3v) is 2.62. The van der Waals surface area contributed by atoms with Gasteiger partial charge in [0.15, 0.2) is 0 Å². The van der Waals surface area contributed by atoms with E-state index >= 15 is 0 Å². The van der Waals surface area contributed by atoms with Crippen LogP contribution in [-0.4, -0.2) is 27.6 Å². The van der Waals surface area contributed by atoms with Crippen LogP contribution in [0.2, 0.25) is 0 Å². The molecule has 3 N–H and O–H groups in total. The molecule has 0 radical (unpaired) electrons. The van der Waals surface area contributed by atoms with Crippen LogP contribution >= 0.6 is 0 Å². The molecule has 0 unspecified atom stereocenters. The normalized spacial score (nSPS) is 10.3. The number of aryl methyl sites for hydroxylation is 1. The standard InChI is InChI=1S/C12H16N6/c1-17(7-9-6-16-18(2)8-9)12-10(11(13)14)4-3-5-15-12/h3-6,8H,7H2,1-2H3,(H3,13,14). The fraction of sp³-hybridized carbons (Fsp3) is 0.250. The lowest BCUT2D eigenvalue weighted by Crippen LogP contribution is -2.23. The van der Waals surface area contributed by atoms with Crippen LogP contribution in [0.15, 0.2) is 30.7 Å². The lowest BCUT2D eigenvalue weighted by Gasteiger charge is -2.19. The molecular formula is C12H16N6. The predicted molar refractivity (Wildman–Crippen MR) is 70.6 cm³/mol. The number of pyridine rings is 1. The van der Waals surface area contributed by atoms with Gasteiger partial charge in [-0.25, -0.2) is 4.98 Å². The molecule has 6 nitrogen and oxygen atoms in total. The monoisotopic (exact) mass is 244 g/mol. The summed E-state index contributed by atoms with van der Waals surface area (Å²) >= 11 is 0. The Morgan fingerprint density at radius 2 is 2.33 bits per heavy atom. The average molecular weight is 244 g/mol. The molecule has 0 aliphatic heterocycles. The maximum atomic E-state index is 7.55. The quantitative estimate of drug-likeness (QED) is 0.613. The third kappa shape index (κ3) is 2.48. The van der Waals surface area contributed by atoms with Gasteiger partial charge in [-0.1, -0.05) is 0 Å². The molecule has 0 aliphatic rings. The zero-order chi connectivity index (χ0) is 13.1. The second-order valence-corrected chi connectivity index (χ2v) is 4.17. The molecule has 94 valence electrons. The smallest absolute Gasteiger partial charge is 0.139 e. The first-order valence-corrected chi connectivity index (χ1v) is 5.56. The van der Waals surface area contributed by atoms with Crippen molar-refractivity contribution < 1.29 is 0 Å². The van der Waals surface area contributed by atoms with Gasteiger partial charge in [-0.2, -0.15) is 5.10 Å². The summed E-state index contributed by atoms with van der Waals surface area (Å²) in [4.78, 5) is 6.23. The molecule has 0 aliphatic carbocycles. The van der Waals surface area contributed by atoms with E-state index in [1.54, 1.807) is 23.0 Å². The molecule has 0 aromatic carbocycles. The Bertz CT molecular complexity index is 559. The van der Waals surface area contributed by atoms with E-state index in [1.807, 2.05) is 31.4 Å². The highest BCUT2D eigenvalue weighted by Gasteiger charge is 2.11. The molecule has 0 saturated heterocycles. The SMILES string of the molecule is CN(Cc1cnn(C)c1)c1ncccc1C(=N)N. The molecular weight excluding hydrogens is 228 g/mol. The summed E-state index contributed by atoms with van der Waals surface area (Å²) in [5, 5.41) is 11.7. The van der Waals surface area contributed by atoms with Crippen LogP contribution in [0.4, 0.5) is 5.82 Å². The lowest BCUT2D eigenvalue weighted by atomic mass is 10.2. The second-order valence-electron chi connectivity index (χ2n) is 4.17. The van der Waals surface area contributed by atoms with Crippen molar-refractivity contribution in [3.8, 4) is 0 Å². The number of hydrogen-bond donors (Lipinski definition) is 2. The molecule has 0 bridgehead atoms. The summed E-state index contributed by atoms with van der Waals surface area (Å²) in [6, 6.07) is 3.57. The molecule has 0 amide bonds. The predicted octanol–water partition coefficient (Wildman–Crippen LogP) is 0.736. The molecule has 0 saturated carbocycles.